The summed E-state index contributed by atoms with van der Waals surface area (Å²) in [5.41, 5.74) is 1.62. The number of thiazole rings is 1. The average Bonchev–Trinajstić information content (AvgIpc) is 3.31. The van der Waals surface area contributed by atoms with E-state index >= 15 is 0 Å². The Morgan fingerprint density at radius 2 is 2.08 bits per heavy atom. The van der Waals surface area contributed by atoms with Crippen molar-refractivity contribution in [1.29, 1.82) is 0 Å². The summed E-state index contributed by atoms with van der Waals surface area (Å²) < 4.78 is 10.7. The third-order valence-corrected chi connectivity index (χ3v) is 5.45. The summed E-state index contributed by atoms with van der Waals surface area (Å²) >= 11 is 1.42. The first-order valence-corrected chi connectivity index (χ1v) is 9.55. The first-order chi connectivity index (χ1) is 12.2. The Kier molecular flexibility index (Phi) is 5.91. The maximum absolute atomic E-state index is 12.1. The minimum absolute atomic E-state index is 0.0467. The topological polar surface area (TPSA) is 60.5 Å². The Bertz CT molecular complexity index is 723. The van der Waals surface area contributed by atoms with Gasteiger partial charge in [0.25, 0.3) is 0 Å². The number of carbonyl (C=O) groups is 1. The fourth-order valence-electron chi connectivity index (χ4n) is 3.29. The number of ether oxygens (including phenoxy) is 2. The molecule has 5 nitrogen and oxygen atoms in total. The summed E-state index contributed by atoms with van der Waals surface area (Å²) in [6.45, 7) is 0. The van der Waals surface area contributed by atoms with Crippen LogP contribution in [0, 0.1) is 5.92 Å². The highest BCUT2D eigenvalue weighted by molar-refractivity contribution is 7.14. The normalized spacial score (nSPS) is 14.5. The van der Waals surface area contributed by atoms with Crippen LogP contribution in [0.25, 0.3) is 11.3 Å². The van der Waals surface area contributed by atoms with Crippen LogP contribution in [-0.4, -0.2) is 25.1 Å². The SMILES string of the molecule is COc1ccc(OC)c(-c2csc(NC(=O)CCC3CCCC3)n2)c1. The Morgan fingerprint density at radius 3 is 2.80 bits per heavy atom. The number of hydrogen-bond acceptors (Lipinski definition) is 5. The van der Waals surface area contributed by atoms with Crippen molar-refractivity contribution in [2.24, 2.45) is 5.92 Å². The van der Waals surface area contributed by atoms with E-state index in [4.69, 9.17) is 9.47 Å². The molecule has 0 spiro atoms. The van der Waals surface area contributed by atoms with Crippen LogP contribution >= 0.6 is 11.3 Å². The molecule has 3 rings (SSSR count). The third kappa shape index (κ3) is 4.51. The molecule has 0 radical (unpaired) electrons. The predicted molar refractivity (Wildman–Crippen MR) is 100 cm³/mol. The molecule has 1 aromatic carbocycles. The molecular weight excluding hydrogens is 336 g/mol. The zero-order valence-electron chi connectivity index (χ0n) is 14.7. The Morgan fingerprint density at radius 1 is 1.28 bits per heavy atom. The molecule has 134 valence electrons. The number of methoxy groups -OCH3 is 2. The van der Waals surface area contributed by atoms with Gasteiger partial charge in [-0.2, -0.15) is 0 Å². The molecule has 1 amide bonds. The molecule has 1 aliphatic carbocycles. The lowest BCUT2D eigenvalue weighted by Gasteiger charge is -2.09. The monoisotopic (exact) mass is 360 g/mol. The molecule has 1 saturated carbocycles. The van der Waals surface area contributed by atoms with Gasteiger partial charge in [0.1, 0.15) is 11.5 Å². The van der Waals surface area contributed by atoms with Gasteiger partial charge in [-0.3, -0.25) is 4.79 Å². The van der Waals surface area contributed by atoms with Gasteiger partial charge in [-0.05, 0) is 30.5 Å². The van der Waals surface area contributed by atoms with E-state index in [-0.39, 0.29) is 5.91 Å². The average molecular weight is 360 g/mol. The highest BCUT2D eigenvalue weighted by atomic mass is 32.1. The number of nitrogens with zero attached hydrogens (tertiary/aromatic N) is 1. The summed E-state index contributed by atoms with van der Waals surface area (Å²) in [6, 6.07) is 5.59. The van der Waals surface area contributed by atoms with Crippen molar-refractivity contribution in [2.75, 3.05) is 19.5 Å². The van der Waals surface area contributed by atoms with Crippen molar-refractivity contribution >= 4 is 22.4 Å². The van der Waals surface area contributed by atoms with Crippen LogP contribution in [0.1, 0.15) is 38.5 Å². The highest BCUT2D eigenvalue weighted by Gasteiger charge is 2.17. The number of carbonyl (C=O) groups excluding carboxylic acids is 1. The smallest absolute Gasteiger partial charge is 0.226 e. The number of rotatable bonds is 7. The molecule has 2 aromatic rings. The maximum Gasteiger partial charge on any atom is 0.226 e. The number of amides is 1. The Labute approximate surface area is 152 Å². The van der Waals surface area contributed by atoms with Crippen LogP contribution in [0.4, 0.5) is 5.13 Å². The van der Waals surface area contributed by atoms with E-state index in [1.165, 1.54) is 37.0 Å². The lowest BCUT2D eigenvalue weighted by atomic mass is 10.0. The molecule has 1 heterocycles. The summed E-state index contributed by atoms with van der Waals surface area (Å²) in [5, 5.41) is 5.46. The number of hydrogen-bond donors (Lipinski definition) is 1. The van der Waals surface area contributed by atoms with Crippen molar-refractivity contribution < 1.29 is 14.3 Å². The van der Waals surface area contributed by atoms with Gasteiger partial charge in [0.2, 0.25) is 5.91 Å². The van der Waals surface area contributed by atoms with Crippen molar-refractivity contribution in [3.05, 3.63) is 23.6 Å². The molecule has 1 N–H and O–H groups in total. The van der Waals surface area contributed by atoms with Crippen molar-refractivity contribution in [1.82, 2.24) is 4.98 Å². The van der Waals surface area contributed by atoms with E-state index in [0.29, 0.717) is 11.6 Å². The van der Waals surface area contributed by atoms with Crippen molar-refractivity contribution in [3.8, 4) is 22.8 Å². The van der Waals surface area contributed by atoms with Crippen LogP contribution in [-0.2, 0) is 4.79 Å². The zero-order valence-corrected chi connectivity index (χ0v) is 15.5. The van der Waals surface area contributed by atoms with E-state index < -0.39 is 0 Å². The molecule has 0 saturated heterocycles. The fourth-order valence-corrected chi connectivity index (χ4v) is 4.01. The number of anilines is 1. The van der Waals surface area contributed by atoms with E-state index in [9.17, 15) is 4.79 Å². The number of nitrogens with one attached hydrogen (secondary N) is 1. The molecule has 1 aliphatic rings. The summed E-state index contributed by atoms with van der Waals surface area (Å²) in [5.74, 6) is 2.24. The second-order valence-electron chi connectivity index (χ2n) is 6.34. The lowest BCUT2D eigenvalue weighted by Crippen LogP contribution is -2.12. The highest BCUT2D eigenvalue weighted by Crippen LogP contribution is 2.35. The van der Waals surface area contributed by atoms with Crippen LogP contribution < -0.4 is 14.8 Å². The second-order valence-corrected chi connectivity index (χ2v) is 7.20. The van der Waals surface area contributed by atoms with Crippen LogP contribution in [0.15, 0.2) is 23.6 Å². The molecule has 1 fully saturated rings. The van der Waals surface area contributed by atoms with Gasteiger partial charge in [-0.25, -0.2) is 4.98 Å². The molecule has 25 heavy (non-hydrogen) atoms. The minimum Gasteiger partial charge on any atom is -0.497 e. The molecule has 0 unspecified atom stereocenters. The molecular formula is C19H24N2O3S. The van der Waals surface area contributed by atoms with Crippen molar-refractivity contribution in [3.63, 3.8) is 0 Å². The first-order valence-electron chi connectivity index (χ1n) is 8.67. The largest absolute Gasteiger partial charge is 0.497 e. The molecule has 6 heteroatoms. The Hall–Kier alpha value is -2.08. The van der Waals surface area contributed by atoms with E-state index in [2.05, 4.69) is 10.3 Å². The standard InChI is InChI=1S/C19H24N2O3S/c1-23-14-8-9-17(24-2)15(11-14)16-12-25-19(20-16)21-18(22)10-7-13-5-3-4-6-13/h8-9,11-13H,3-7,10H2,1-2H3,(H,20,21,22). The van der Waals surface area contributed by atoms with E-state index in [0.717, 1.165) is 35.1 Å². The van der Waals surface area contributed by atoms with Crippen LogP contribution in [0.2, 0.25) is 0 Å². The number of benzene rings is 1. The third-order valence-electron chi connectivity index (χ3n) is 4.69. The fraction of sp³-hybridized carbons (Fsp3) is 0.474. The van der Waals surface area contributed by atoms with Gasteiger partial charge in [0, 0.05) is 17.4 Å². The van der Waals surface area contributed by atoms with Gasteiger partial charge in [-0.15, -0.1) is 11.3 Å². The van der Waals surface area contributed by atoms with Gasteiger partial charge in [-0.1, -0.05) is 25.7 Å². The lowest BCUT2D eigenvalue weighted by molar-refractivity contribution is -0.116. The van der Waals surface area contributed by atoms with Crippen LogP contribution in [0.5, 0.6) is 11.5 Å². The number of aromatic nitrogens is 1. The first kappa shape index (κ1) is 17.7. The van der Waals surface area contributed by atoms with E-state index in [1.54, 1.807) is 14.2 Å². The maximum atomic E-state index is 12.1. The molecule has 0 aliphatic heterocycles. The summed E-state index contributed by atoms with van der Waals surface area (Å²) in [7, 11) is 3.26. The van der Waals surface area contributed by atoms with Crippen molar-refractivity contribution in [2.45, 2.75) is 38.5 Å². The van der Waals surface area contributed by atoms with Gasteiger partial charge in [0.15, 0.2) is 5.13 Å². The van der Waals surface area contributed by atoms with Gasteiger partial charge in [0.05, 0.1) is 19.9 Å². The quantitative estimate of drug-likeness (QED) is 0.775. The van der Waals surface area contributed by atoms with Crippen LogP contribution in [0.3, 0.4) is 0 Å². The minimum atomic E-state index is 0.0467. The van der Waals surface area contributed by atoms with E-state index in [1.807, 2.05) is 23.6 Å². The van der Waals surface area contributed by atoms with Gasteiger partial charge < -0.3 is 14.8 Å². The molecule has 1 aromatic heterocycles. The van der Waals surface area contributed by atoms with Gasteiger partial charge >= 0.3 is 0 Å². The Balaban J connectivity index is 1.64. The summed E-state index contributed by atoms with van der Waals surface area (Å²) in [4.78, 5) is 16.7. The second kappa shape index (κ2) is 8.34. The molecule has 0 atom stereocenters. The zero-order chi connectivity index (χ0) is 17.6. The predicted octanol–water partition coefficient (Wildman–Crippen LogP) is 4.74. The molecule has 0 bridgehead atoms. The summed E-state index contributed by atoms with van der Waals surface area (Å²) in [6.07, 6.45) is 6.71.